The van der Waals surface area contributed by atoms with Gasteiger partial charge >= 0.3 is 5.97 Å². The minimum Gasteiger partial charge on any atom is -0.469 e. The zero-order valence-corrected chi connectivity index (χ0v) is 12.7. The number of ether oxygens (including phenoxy) is 1. The molecule has 0 aromatic carbocycles. The summed E-state index contributed by atoms with van der Waals surface area (Å²) in [6.07, 6.45) is 2.58. The smallest absolute Gasteiger partial charge is 0.306 e. The van der Waals surface area contributed by atoms with Crippen molar-refractivity contribution in [2.45, 2.75) is 25.9 Å². The number of piperazine rings is 1. The van der Waals surface area contributed by atoms with E-state index in [0.717, 1.165) is 32.7 Å². The van der Waals surface area contributed by atoms with Crippen molar-refractivity contribution < 1.29 is 9.53 Å². The highest BCUT2D eigenvalue weighted by molar-refractivity contribution is 5.69. The first-order chi connectivity index (χ1) is 9.60. The second kappa shape index (κ2) is 6.90. The molecule has 0 spiro atoms. The van der Waals surface area contributed by atoms with Crippen molar-refractivity contribution in [2.24, 2.45) is 7.05 Å². The van der Waals surface area contributed by atoms with E-state index in [-0.39, 0.29) is 5.97 Å². The van der Waals surface area contributed by atoms with Crippen LogP contribution in [0.4, 0.5) is 0 Å². The summed E-state index contributed by atoms with van der Waals surface area (Å²) in [6.45, 7) is 7.14. The van der Waals surface area contributed by atoms with Gasteiger partial charge in [-0.05, 0) is 19.1 Å². The quantitative estimate of drug-likeness (QED) is 0.756. The van der Waals surface area contributed by atoms with Crippen LogP contribution in [0.5, 0.6) is 0 Å². The molecule has 2 rings (SSSR count). The number of nitrogens with zero attached hydrogens (tertiary/aromatic N) is 3. The third-order valence-corrected chi connectivity index (χ3v) is 4.13. The van der Waals surface area contributed by atoms with E-state index in [1.807, 2.05) is 0 Å². The molecule has 112 valence electrons. The van der Waals surface area contributed by atoms with Gasteiger partial charge in [0.05, 0.1) is 13.5 Å². The van der Waals surface area contributed by atoms with Gasteiger partial charge in [-0.25, -0.2) is 0 Å². The molecule has 1 fully saturated rings. The Morgan fingerprint density at radius 3 is 2.85 bits per heavy atom. The molecule has 1 aliphatic rings. The maximum atomic E-state index is 11.2. The third-order valence-electron chi connectivity index (χ3n) is 4.13. The molecule has 20 heavy (non-hydrogen) atoms. The number of aryl methyl sites for hydroxylation is 1. The largest absolute Gasteiger partial charge is 0.469 e. The van der Waals surface area contributed by atoms with Gasteiger partial charge in [0, 0.05) is 57.7 Å². The van der Waals surface area contributed by atoms with Gasteiger partial charge in [-0.15, -0.1) is 0 Å². The molecule has 1 aromatic heterocycles. The van der Waals surface area contributed by atoms with Crippen LogP contribution in [0.15, 0.2) is 18.3 Å². The van der Waals surface area contributed by atoms with E-state index in [9.17, 15) is 4.79 Å². The van der Waals surface area contributed by atoms with Gasteiger partial charge in [-0.2, -0.15) is 0 Å². The van der Waals surface area contributed by atoms with Gasteiger partial charge in [0.15, 0.2) is 0 Å². The Balaban J connectivity index is 1.80. The predicted octanol–water partition coefficient (Wildman–Crippen LogP) is 1.09. The number of hydrogen-bond donors (Lipinski definition) is 0. The lowest BCUT2D eigenvalue weighted by atomic mass is 10.1. The van der Waals surface area contributed by atoms with Crippen LogP contribution >= 0.6 is 0 Å². The summed E-state index contributed by atoms with van der Waals surface area (Å²) in [4.78, 5) is 16.0. The second-order valence-corrected chi connectivity index (χ2v) is 5.56. The minimum absolute atomic E-state index is 0.121. The Kier molecular flexibility index (Phi) is 5.20. The highest BCUT2D eigenvalue weighted by Gasteiger charge is 2.24. The molecule has 0 radical (unpaired) electrons. The van der Waals surface area contributed by atoms with Crippen LogP contribution in [-0.4, -0.2) is 59.7 Å². The Hall–Kier alpha value is -1.33. The minimum atomic E-state index is -0.121. The molecule has 1 atom stereocenters. The number of esters is 1. The Morgan fingerprint density at radius 1 is 1.45 bits per heavy atom. The van der Waals surface area contributed by atoms with Gasteiger partial charge in [0.25, 0.3) is 0 Å². The number of rotatable bonds is 5. The summed E-state index contributed by atoms with van der Waals surface area (Å²) in [5, 5.41) is 0. The second-order valence-electron chi connectivity index (χ2n) is 5.56. The van der Waals surface area contributed by atoms with Crippen molar-refractivity contribution in [3.63, 3.8) is 0 Å². The van der Waals surface area contributed by atoms with Gasteiger partial charge in [0.1, 0.15) is 0 Å². The van der Waals surface area contributed by atoms with Crippen LogP contribution in [0.1, 0.15) is 19.0 Å². The fourth-order valence-corrected chi connectivity index (χ4v) is 2.73. The molecule has 0 amide bonds. The molecule has 1 aliphatic heterocycles. The average molecular weight is 279 g/mol. The standard InChI is InChI=1S/C15H25N3O2/c1-13-11-17(8-6-15(19)20-3)9-10-18(13)12-14-5-4-7-16(14)2/h4-5,7,13H,6,8-12H2,1-3H3. The van der Waals surface area contributed by atoms with Crippen molar-refractivity contribution in [1.82, 2.24) is 14.4 Å². The zero-order valence-electron chi connectivity index (χ0n) is 12.7. The molecule has 1 aromatic rings. The van der Waals surface area contributed by atoms with Crippen LogP contribution in [-0.2, 0) is 23.1 Å². The van der Waals surface area contributed by atoms with Crippen molar-refractivity contribution >= 4 is 5.97 Å². The summed E-state index contributed by atoms with van der Waals surface area (Å²) >= 11 is 0. The monoisotopic (exact) mass is 279 g/mol. The van der Waals surface area contributed by atoms with Crippen molar-refractivity contribution in [1.29, 1.82) is 0 Å². The van der Waals surface area contributed by atoms with Gasteiger partial charge in [-0.3, -0.25) is 14.6 Å². The lowest BCUT2D eigenvalue weighted by Gasteiger charge is -2.39. The molecule has 2 heterocycles. The summed E-state index contributed by atoms with van der Waals surface area (Å²) < 4.78 is 6.87. The topological polar surface area (TPSA) is 37.7 Å². The molecule has 1 unspecified atom stereocenters. The van der Waals surface area contributed by atoms with E-state index in [2.05, 4.69) is 46.7 Å². The Bertz CT molecular complexity index is 444. The maximum absolute atomic E-state index is 11.2. The normalized spacial score (nSPS) is 21.1. The fourth-order valence-electron chi connectivity index (χ4n) is 2.73. The SMILES string of the molecule is COC(=O)CCN1CCN(Cc2cccn2C)C(C)C1. The lowest BCUT2D eigenvalue weighted by Crippen LogP contribution is -2.51. The van der Waals surface area contributed by atoms with Crippen LogP contribution < -0.4 is 0 Å². The molecule has 0 aliphatic carbocycles. The van der Waals surface area contributed by atoms with Crippen LogP contribution in [0.25, 0.3) is 0 Å². The number of methoxy groups -OCH3 is 1. The Morgan fingerprint density at radius 2 is 2.25 bits per heavy atom. The van der Waals surface area contributed by atoms with Gasteiger partial charge < -0.3 is 9.30 Å². The van der Waals surface area contributed by atoms with E-state index >= 15 is 0 Å². The third kappa shape index (κ3) is 3.84. The van der Waals surface area contributed by atoms with E-state index in [4.69, 9.17) is 4.74 Å². The molecular weight excluding hydrogens is 254 g/mol. The highest BCUT2D eigenvalue weighted by atomic mass is 16.5. The number of carbonyl (C=O) groups excluding carboxylic acids is 1. The van der Waals surface area contributed by atoms with E-state index in [1.54, 1.807) is 0 Å². The summed E-state index contributed by atoms with van der Waals surface area (Å²) in [7, 11) is 3.54. The first-order valence-electron chi connectivity index (χ1n) is 7.23. The van der Waals surface area contributed by atoms with Crippen molar-refractivity contribution in [3.05, 3.63) is 24.0 Å². The molecule has 0 saturated carbocycles. The van der Waals surface area contributed by atoms with E-state index in [0.29, 0.717) is 12.5 Å². The predicted molar refractivity (Wildman–Crippen MR) is 78.4 cm³/mol. The molecule has 5 heteroatoms. The summed E-state index contributed by atoms with van der Waals surface area (Å²) in [6, 6.07) is 4.78. The van der Waals surface area contributed by atoms with Gasteiger partial charge in [-0.1, -0.05) is 0 Å². The van der Waals surface area contributed by atoms with Crippen molar-refractivity contribution in [2.75, 3.05) is 33.3 Å². The summed E-state index contributed by atoms with van der Waals surface area (Å²) in [5.74, 6) is -0.121. The molecule has 1 saturated heterocycles. The fraction of sp³-hybridized carbons (Fsp3) is 0.667. The van der Waals surface area contributed by atoms with Crippen LogP contribution in [0.2, 0.25) is 0 Å². The first-order valence-corrected chi connectivity index (χ1v) is 7.23. The maximum Gasteiger partial charge on any atom is 0.306 e. The highest BCUT2D eigenvalue weighted by Crippen LogP contribution is 2.14. The zero-order chi connectivity index (χ0) is 14.5. The number of hydrogen-bond acceptors (Lipinski definition) is 4. The number of aromatic nitrogens is 1. The van der Waals surface area contributed by atoms with Crippen LogP contribution in [0, 0.1) is 0 Å². The molecule has 0 N–H and O–H groups in total. The Labute approximate surface area is 121 Å². The van der Waals surface area contributed by atoms with E-state index in [1.165, 1.54) is 12.8 Å². The van der Waals surface area contributed by atoms with Gasteiger partial charge in [0.2, 0.25) is 0 Å². The van der Waals surface area contributed by atoms with Crippen molar-refractivity contribution in [3.8, 4) is 0 Å². The molecule has 0 bridgehead atoms. The average Bonchev–Trinajstić information content (AvgIpc) is 2.84. The molecule has 5 nitrogen and oxygen atoms in total. The van der Waals surface area contributed by atoms with E-state index < -0.39 is 0 Å². The molecular formula is C15H25N3O2. The number of carbonyl (C=O) groups is 1. The lowest BCUT2D eigenvalue weighted by molar-refractivity contribution is -0.141. The first kappa shape index (κ1) is 15.1. The van der Waals surface area contributed by atoms with Crippen LogP contribution in [0.3, 0.4) is 0 Å². The summed E-state index contributed by atoms with van der Waals surface area (Å²) in [5.41, 5.74) is 1.35.